The molecule has 2 aromatic rings. The first kappa shape index (κ1) is 13.8. The van der Waals surface area contributed by atoms with Crippen molar-refractivity contribution in [3.8, 4) is 11.5 Å². The van der Waals surface area contributed by atoms with Gasteiger partial charge in [-0.05, 0) is 30.7 Å². The Morgan fingerprint density at radius 3 is 2.89 bits per heavy atom. The van der Waals surface area contributed by atoms with Gasteiger partial charge in [0, 0.05) is 23.3 Å². The van der Waals surface area contributed by atoms with Crippen LogP contribution in [-0.2, 0) is 0 Å². The third-order valence-electron chi connectivity index (χ3n) is 2.41. The molecule has 1 heterocycles. The van der Waals surface area contributed by atoms with E-state index < -0.39 is 5.82 Å². The summed E-state index contributed by atoms with van der Waals surface area (Å²) in [5, 5.41) is 3.15. The minimum Gasteiger partial charge on any atom is -0.454 e. The van der Waals surface area contributed by atoms with E-state index in [2.05, 4.69) is 33.2 Å². The van der Waals surface area contributed by atoms with Crippen LogP contribution in [0.15, 0.2) is 41.0 Å². The van der Waals surface area contributed by atoms with Gasteiger partial charge >= 0.3 is 0 Å². The van der Waals surface area contributed by atoms with E-state index in [1.807, 2.05) is 0 Å². The minimum absolute atomic E-state index is 0.191. The van der Waals surface area contributed by atoms with E-state index in [-0.39, 0.29) is 5.75 Å². The Bertz CT molecular complexity index is 563. The highest BCUT2D eigenvalue weighted by atomic mass is 79.9. The monoisotopic (exact) mass is 324 g/mol. The van der Waals surface area contributed by atoms with Crippen LogP contribution in [-0.4, -0.2) is 11.5 Å². The molecule has 0 saturated heterocycles. The number of aromatic nitrogens is 1. The molecule has 0 spiro atoms. The lowest BCUT2D eigenvalue weighted by Crippen LogP contribution is -2.01. The second-order valence-corrected chi connectivity index (χ2v) is 4.90. The van der Waals surface area contributed by atoms with Crippen molar-refractivity contribution in [2.24, 2.45) is 0 Å². The van der Waals surface area contributed by atoms with Crippen molar-refractivity contribution < 1.29 is 9.13 Å². The molecule has 1 aromatic heterocycles. The molecule has 0 fully saturated rings. The third-order valence-corrected chi connectivity index (χ3v) is 2.90. The molecule has 0 amide bonds. The van der Waals surface area contributed by atoms with Crippen LogP contribution in [0.3, 0.4) is 0 Å². The molecule has 0 saturated carbocycles. The fraction of sp³-hybridized carbons (Fsp3) is 0.214. The molecule has 0 atom stereocenters. The molecule has 0 radical (unpaired) electrons. The molecule has 0 aliphatic heterocycles. The zero-order valence-corrected chi connectivity index (χ0v) is 12.1. The number of nitrogens with zero attached hydrogens (tertiary/aromatic N) is 1. The molecule has 0 bridgehead atoms. The van der Waals surface area contributed by atoms with Crippen LogP contribution < -0.4 is 10.1 Å². The molecular formula is C14H14BrFN2O. The van der Waals surface area contributed by atoms with Crippen molar-refractivity contribution >= 4 is 21.7 Å². The summed E-state index contributed by atoms with van der Waals surface area (Å²) in [6, 6.07) is 8.12. The predicted octanol–water partition coefficient (Wildman–Crippen LogP) is 4.60. The fourth-order valence-corrected chi connectivity index (χ4v) is 1.84. The first-order valence-electron chi connectivity index (χ1n) is 6.02. The number of ether oxygens (including phenoxy) is 1. The van der Waals surface area contributed by atoms with Gasteiger partial charge in [-0.25, -0.2) is 9.37 Å². The molecule has 0 unspecified atom stereocenters. The second-order valence-electron chi connectivity index (χ2n) is 3.98. The van der Waals surface area contributed by atoms with Crippen LogP contribution in [0.25, 0.3) is 0 Å². The Morgan fingerprint density at radius 2 is 2.16 bits per heavy atom. The van der Waals surface area contributed by atoms with Gasteiger partial charge < -0.3 is 10.1 Å². The molecule has 19 heavy (non-hydrogen) atoms. The molecule has 2 rings (SSSR count). The van der Waals surface area contributed by atoms with Crippen LogP contribution in [0.5, 0.6) is 11.5 Å². The van der Waals surface area contributed by atoms with Gasteiger partial charge in [-0.2, -0.15) is 0 Å². The van der Waals surface area contributed by atoms with Gasteiger partial charge in [0.15, 0.2) is 11.6 Å². The number of pyridine rings is 1. The zero-order chi connectivity index (χ0) is 13.7. The fourth-order valence-electron chi connectivity index (χ4n) is 1.51. The Balaban J connectivity index is 2.14. The molecule has 5 heteroatoms. The lowest BCUT2D eigenvalue weighted by atomic mass is 10.3. The maximum Gasteiger partial charge on any atom is 0.166 e. The molecule has 1 aromatic carbocycles. The van der Waals surface area contributed by atoms with Gasteiger partial charge in [-0.1, -0.05) is 22.9 Å². The number of anilines is 1. The molecular weight excluding hydrogens is 311 g/mol. The van der Waals surface area contributed by atoms with Crippen LogP contribution in [0.2, 0.25) is 0 Å². The third kappa shape index (κ3) is 3.92. The molecule has 3 nitrogen and oxygen atoms in total. The van der Waals surface area contributed by atoms with Crippen LogP contribution in [0.4, 0.5) is 10.2 Å². The summed E-state index contributed by atoms with van der Waals surface area (Å²) < 4.78 is 19.8. The molecule has 0 aliphatic rings. The van der Waals surface area contributed by atoms with Crippen molar-refractivity contribution in [3.05, 3.63) is 46.8 Å². The van der Waals surface area contributed by atoms with E-state index in [1.54, 1.807) is 30.5 Å². The first-order chi connectivity index (χ1) is 9.19. The topological polar surface area (TPSA) is 34.1 Å². The van der Waals surface area contributed by atoms with Gasteiger partial charge in [-0.3, -0.25) is 0 Å². The average Bonchev–Trinajstić information content (AvgIpc) is 2.40. The molecule has 0 aliphatic carbocycles. The predicted molar refractivity (Wildman–Crippen MR) is 77.2 cm³/mol. The minimum atomic E-state index is -0.408. The van der Waals surface area contributed by atoms with Crippen molar-refractivity contribution in [2.45, 2.75) is 13.3 Å². The Labute approximate surface area is 119 Å². The Morgan fingerprint density at radius 1 is 1.32 bits per heavy atom. The van der Waals surface area contributed by atoms with Crippen molar-refractivity contribution in [3.63, 3.8) is 0 Å². The second kappa shape index (κ2) is 6.52. The van der Waals surface area contributed by atoms with E-state index in [0.717, 1.165) is 18.8 Å². The lowest BCUT2D eigenvalue weighted by Gasteiger charge is -2.09. The smallest absolute Gasteiger partial charge is 0.166 e. The summed E-state index contributed by atoms with van der Waals surface area (Å²) in [6.07, 6.45) is 2.64. The number of rotatable bonds is 5. The van der Waals surface area contributed by atoms with E-state index in [9.17, 15) is 4.39 Å². The molecule has 1 N–H and O–H groups in total. The Kier molecular flexibility index (Phi) is 4.74. The van der Waals surface area contributed by atoms with Gasteiger partial charge in [0.05, 0.1) is 0 Å². The average molecular weight is 325 g/mol. The van der Waals surface area contributed by atoms with Crippen LogP contribution >= 0.6 is 15.9 Å². The van der Waals surface area contributed by atoms with E-state index >= 15 is 0 Å². The van der Waals surface area contributed by atoms with Gasteiger partial charge in [-0.15, -0.1) is 0 Å². The number of nitrogens with one attached hydrogen (secondary N) is 1. The standard InChI is InChI=1S/C14H14BrFN2O/c1-2-6-17-14-9-11(5-7-18-14)19-13-4-3-10(15)8-12(13)16/h3-5,7-9H,2,6H2,1H3,(H,17,18). The maximum absolute atomic E-state index is 13.7. The van der Waals surface area contributed by atoms with Crippen molar-refractivity contribution in [2.75, 3.05) is 11.9 Å². The van der Waals surface area contributed by atoms with E-state index in [1.165, 1.54) is 6.07 Å². The van der Waals surface area contributed by atoms with E-state index in [4.69, 9.17) is 4.74 Å². The summed E-state index contributed by atoms with van der Waals surface area (Å²) in [5.74, 6) is 1.05. The molecule has 100 valence electrons. The highest BCUT2D eigenvalue weighted by Gasteiger charge is 2.06. The summed E-state index contributed by atoms with van der Waals surface area (Å²) in [6.45, 7) is 2.91. The summed E-state index contributed by atoms with van der Waals surface area (Å²) >= 11 is 3.21. The highest BCUT2D eigenvalue weighted by Crippen LogP contribution is 2.27. The lowest BCUT2D eigenvalue weighted by molar-refractivity contribution is 0.441. The number of halogens is 2. The largest absolute Gasteiger partial charge is 0.454 e. The van der Waals surface area contributed by atoms with Crippen molar-refractivity contribution in [1.82, 2.24) is 4.98 Å². The number of hydrogen-bond donors (Lipinski definition) is 1. The summed E-state index contributed by atoms with van der Waals surface area (Å²) in [7, 11) is 0. The van der Waals surface area contributed by atoms with Crippen LogP contribution in [0, 0.1) is 5.82 Å². The van der Waals surface area contributed by atoms with Gasteiger partial charge in [0.25, 0.3) is 0 Å². The van der Waals surface area contributed by atoms with Gasteiger partial charge in [0.2, 0.25) is 0 Å². The Hall–Kier alpha value is -1.62. The van der Waals surface area contributed by atoms with Gasteiger partial charge in [0.1, 0.15) is 11.6 Å². The number of benzene rings is 1. The van der Waals surface area contributed by atoms with Crippen molar-refractivity contribution in [1.29, 1.82) is 0 Å². The number of hydrogen-bond acceptors (Lipinski definition) is 3. The normalized spacial score (nSPS) is 10.3. The van der Waals surface area contributed by atoms with Crippen LogP contribution in [0.1, 0.15) is 13.3 Å². The zero-order valence-electron chi connectivity index (χ0n) is 10.5. The SMILES string of the molecule is CCCNc1cc(Oc2ccc(Br)cc2F)ccn1. The highest BCUT2D eigenvalue weighted by molar-refractivity contribution is 9.10. The first-order valence-corrected chi connectivity index (χ1v) is 6.81. The maximum atomic E-state index is 13.7. The quantitative estimate of drug-likeness (QED) is 0.872. The van der Waals surface area contributed by atoms with E-state index in [0.29, 0.717) is 10.2 Å². The summed E-state index contributed by atoms with van der Waals surface area (Å²) in [5.41, 5.74) is 0. The summed E-state index contributed by atoms with van der Waals surface area (Å²) in [4.78, 5) is 4.16.